The highest BCUT2D eigenvalue weighted by Gasteiger charge is 2.31. The number of alkyl halides is 3. The van der Waals surface area contributed by atoms with Gasteiger partial charge in [-0.15, -0.1) is 0 Å². The highest BCUT2D eigenvalue weighted by molar-refractivity contribution is 5.76. The first-order valence-corrected chi connectivity index (χ1v) is 6.65. The number of pyridine rings is 2. The third kappa shape index (κ3) is 3.08. The van der Waals surface area contributed by atoms with E-state index in [2.05, 4.69) is 4.98 Å². The second-order valence-electron chi connectivity index (χ2n) is 5.03. The van der Waals surface area contributed by atoms with Gasteiger partial charge in [-0.2, -0.15) is 13.2 Å². The second kappa shape index (κ2) is 5.49. The fraction of sp³-hybridized carbons (Fsp3) is 0.125. The van der Waals surface area contributed by atoms with E-state index < -0.39 is 23.1 Å². The Labute approximate surface area is 127 Å². The topological polar surface area (TPSA) is 34.9 Å². The van der Waals surface area contributed by atoms with Gasteiger partial charge in [0.1, 0.15) is 5.82 Å². The number of rotatable bonds is 2. The van der Waals surface area contributed by atoms with Crippen molar-refractivity contribution in [2.45, 2.75) is 12.7 Å². The number of halogens is 4. The Morgan fingerprint density at radius 1 is 1.13 bits per heavy atom. The summed E-state index contributed by atoms with van der Waals surface area (Å²) >= 11 is 0. The average molecular weight is 322 g/mol. The molecule has 0 aliphatic rings. The minimum atomic E-state index is -4.64. The van der Waals surface area contributed by atoms with Gasteiger partial charge in [0.15, 0.2) is 0 Å². The third-order valence-corrected chi connectivity index (χ3v) is 3.38. The van der Waals surface area contributed by atoms with Crippen LogP contribution < -0.4 is 5.56 Å². The Morgan fingerprint density at radius 3 is 2.65 bits per heavy atom. The molecule has 0 saturated heterocycles. The van der Waals surface area contributed by atoms with Gasteiger partial charge >= 0.3 is 6.18 Å². The maximum Gasteiger partial charge on any atom is 0.416 e. The van der Waals surface area contributed by atoms with E-state index in [9.17, 15) is 22.4 Å². The minimum absolute atomic E-state index is 0.0580. The van der Waals surface area contributed by atoms with Crippen LogP contribution in [-0.2, 0) is 12.7 Å². The van der Waals surface area contributed by atoms with Gasteiger partial charge in [0.05, 0.1) is 23.0 Å². The molecule has 0 radical (unpaired) electrons. The molecule has 0 saturated carbocycles. The number of fused-ring (bicyclic) bond motifs is 1. The van der Waals surface area contributed by atoms with E-state index in [0.717, 1.165) is 12.1 Å². The Kier molecular flexibility index (Phi) is 3.63. The first-order chi connectivity index (χ1) is 10.8. The summed E-state index contributed by atoms with van der Waals surface area (Å²) < 4.78 is 52.8. The molecule has 7 heteroatoms. The lowest BCUT2D eigenvalue weighted by atomic mass is 10.1. The number of hydrogen-bond donors (Lipinski definition) is 0. The number of benzene rings is 1. The van der Waals surface area contributed by atoms with Crippen molar-refractivity contribution >= 4 is 10.9 Å². The van der Waals surface area contributed by atoms with Crippen LogP contribution in [0.1, 0.15) is 11.1 Å². The predicted octanol–water partition coefficient (Wildman–Crippen LogP) is 3.60. The van der Waals surface area contributed by atoms with E-state index in [-0.39, 0.29) is 12.1 Å². The molecule has 23 heavy (non-hydrogen) atoms. The maximum absolute atomic E-state index is 13.4. The van der Waals surface area contributed by atoms with E-state index >= 15 is 0 Å². The highest BCUT2D eigenvalue weighted by Crippen LogP contribution is 2.30. The molecule has 0 spiro atoms. The van der Waals surface area contributed by atoms with Crippen molar-refractivity contribution in [2.24, 2.45) is 0 Å². The summed E-state index contributed by atoms with van der Waals surface area (Å²) in [7, 11) is 0. The van der Waals surface area contributed by atoms with E-state index in [1.807, 2.05) is 0 Å². The molecule has 0 aliphatic heterocycles. The molecule has 3 nitrogen and oxygen atoms in total. The molecule has 0 aliphatic carbocycles. The standard InChI is InChI=1S/C16H10F4N2O/c17-12-7-10(6-11(8-12)16(18,19)20)9-22-5-3-14-13(15(22)23)2-1-4-21-14/h1-8H,9H2. The molecular weight excluding hydrogens is 312 g/mol. The van der Waals surface area contributed by atoms with Crippen molar-refractivity contribution in [3.63, 3.8) is 0 Å². The zero-order valence-corrected chi connectivity index (χ0v) is 11.6. The van der Waals surface area contributed by atoms with Crippen LogP contribution in [0.25, 0.3) is 10.9 Å². The van der Waals surface area contributed by atoms with E-state index in [1.165, 1.54) is 17.0 Å². The van der Waals surface area contributed by atoms with E-state index in [1.54, 1.807) is 18.2 Å². The van der Waals surface area contributed by atoms with E-state index in [0.29, 0.717) is 17.0 Å². The van der Waals surface area contributed by atoms with Crippen LogP contribution in [0.15, 0.2) is 53.6 Å². The molecule has 0 fully saturated rings. The maximum atomic E-state index is 13.4. The van der Waals surface area contributed by atoms with Crippen LogP contribution in [0, 0.1) is 5.82 Å². The zero-order valence-electron chi connectivity index (χ0n) is 11.6. The lowest BCUT2D eigenvalue weighted by Gasteiger charge is -2.11. The zero-order chi connectivity index (χ0) is 16.6. The first-order valence-electron chi connectivity index (χ1n) is 6.65. The summed E-state index contributed by atoms with van der Waals surface area (Å²) in [5, 5.41) is 0.349. The summed E-state index contributed by atoms with van der Waals surface area (Å²) in [6.45, 7) is -0.162. The molecule has 0 amide bonds. The minimum Gasteiger partial charge on any atom is -0.310 e. The Balaban J connectivity index is 2.04. The molecule has 118 valence electrons. The van der Waals surface area contributed by atoms with Gasteiger partial charge in [-0.25, -0.2) is 4.39 Å². The Hall–Kier alpha value is -2.70. The SMILES string of the molecule is O=c1c2cccnc2ccn1Cc1cc(F)cc(C(F)(F)F)c1. The van der Waals surface area contributed by atoms with Crippen molar-refractivity contribution in [2.75, 3.05) is 0 Å². The van der Waals surface area contributed by atoms with Crippen LogP contribution in [0.3, 0.4) is 0 Å². The number of aromatic nitrogens is 2. The summed E-state index contributed by atoms with van der Waals surface area (Å²) in [5.74, 6) is -0.995. The monoisotopic (exact) mass is 322 g/mol. The lowest BCUT2D eigenvalue weighted by molar-refractivity contribution is -0.137. The van der Waals surface area contributed by atoms with Gasteiger partial charge in [0, 0.05) is 12.4 Å². The van der Waals surface area contributed by atoms with Gasteiger partial charge in [-0.05, 0) is 42.0 Å². The van der Waals surface area contributed by atoms with Gasteiger partial charge in [-0.1, -0.05) is 0 Å². The molecule has 2 aromatic heterocycles. The third-order valence-electron chi connectivity index (χ3n) is 3.38. The van der Waals surface area contributed by atoms with Crippen molar-refractivity contribution in [1.82, 2.24) is 9.55 Å². The summed E-state index contributed by atoms with van der Waals surface area (Å²) in [6.07, 6.45) is -1.68. The molecule has 3 rings (SSSR count). The van der Waals surface area contributed by atoms with Crippen LogP contribution in [0.4, 0.5) is 17.6 Å². The molecule has 0 bridgehead atoms. The summed E-state index contributed by atoms with van der Waals surface area (Å²) in [4.78, 5) is 16.3. The molecule has 0 atom stereocenters. The summed E-state index contributed by atoms with van der Waals surface area (Å²) in [5.41, 5.74) is -0.928. The van der Waals surface area contributed by atoms with E-state index in [4.69, 9.17) is 0 Å². The molecular formula is C16H10F4N2O. The molecule has 0 unspecified atom stereocenters. The first kappa shape index (κ1) is 15.2. The Bertz CT molecular complexity index is 931. The quantitative estimate of drug-likeness (QED) is 0.676. The van der Waals surface area contributed by atoms with Crippen LogP contribution in [0.2, 0.25) is 0 Å². The predicted molar refractivity (Wildman–Crippen MR) is 76.5 cm³/mol. The van der Waals surface area contributed by atoms with Crippen LogP contribution in [0.5, 0.6) is 0 Å². The number of hydrogen-bond acceptors (Lipinski definition) is 2. The molecule has 3 aromatic rings. The molecule has 0 N–H and O–H groups in total. The highest BCUT2D eigenvalue weighted by atomic mass is 19.4. The normalized spacial score (nSPS) is 11.8. The van der Waals surface area contributed by atoms with Crippen LogP contribution in [-0.4, -0.2) is 9.55 Å². The fourth-order valence-electron chi connectivity index (χ4n) is 2.34. The lowest BCUT2D eigenvalue weighted by Crippen LogP contribution is -2.20. The molecule has 1 aromatic carbocycles. The largest absolute Gasteiger partial charge is 0.416 e. The second-order valence-corrected chi connectivity index (χ2v) is 5.03. The van der Waals surface area contributed by atoms with Gasteiger partial charge in [0.2, 0.25) is 0 Å². The molecule has 2 heterocycles. The van der Waals surface area contributed by atoms with Gasteiger partial charge in [-0.3, -0.25) is 9.78 Å². The van der Waals surface area contributed by atoms with Crippen molar-refractivity contribution in [3.05, 3.63) is 76.1 Å². The van der Waals surface area contributed by atoms with Crippen molar-refractivity contribution in [1.29, 1.82) is 0 Å². The van der Waals surface area contributed by atoms with Crippen LogP contribution >= 0.6 is 0 Å². The summed E-state index contributed by atoms with van der Waals surface area (Å²) in [6, 6.07) is 7.00. The smallest absolute Gasteiger partial charge is 0.310 e. The van der Waals surface area contributed by atoms with Gasteiger partial charge < -0.3 is 4.57 Å². The van der Waals surface area contributed by atoms with Crippen molar-refractivity contribution < 1.29 is 17.6 Å². The van der Waals surface area contributed by atoms with Crippen molar-refractivity contribution in [3.8, 4) is 0 Å². The Morgan fingerprint density at radius 2 is 1.91 bits per heavy atom. The average Bonchev–Trinajstić information content (AvgIpc) is 2.49. The van der Waals surface area contributed by atoms with Gasteiger partial charge in [0.25, 0.3) is 5.56 Å². The fourth-order valence-corrected chi connectivity index (χ4v) is 2.34. The number of nitrogens with zero attached hydrogens (tertiary/aromatic N) is 2.